The van der Waals surface area contributed by atoms with Gasteiger partial charge in [0.25, 0.3) is 0 Å². The Labute approximate surface area is 104 Å². The first-order chi connectivity index (χ1) is 8.74. The lowest BCUT2D eigenvalue weighted by atomic mass is 10.1. The molecule has 0 saturated carbocycles. The molecule has 0 aliphatic carbocycles. The molecule has 3 rings (SSSR count). The third-order valence-corrected chi connectivity index (χ3v) is 2.90. The summed E-state index contributed by atoms with van der Waals surface area (Å²) in [4.78, 5) is 4.43. The van der Waals surface area contributed by atoms with Crippen LogP contribution in [0.3, 0.4) is 0 Å². The zero-order chi connectivity index (χ0) is 12.5. The summed E-state index contributed by atoms with van der Waals surface area (Å²) in [7, 11) is 0. The Kier molecular flexibility index (Phi) is 2.48. The molecule has 0 fully saturated rings. The summed E-state index contributed by atoms with van der Waals surface area (Å²) in [5, 5.41) is 0. The Morgan fingerprint density at radius 1 is 1.11 bits per heavy atom. The van der Waals surface area contributed by atoms with Crippen LogP contribution in [0, 0.1) is 5.82 Å². The van der Waals surface area contributed by atoms with E-state index in [1.165, 1.54) is 6.07 Å². The minimum absolute atomic E-state index is 0.206. The van der Waals surface area contributed by atoms with Crippen LogP contribution in [0.15, 0.2) is 48.7 Å². The van der Waals surface area contributed by atoms with Gasteiger partial charge in [-0.15, -0.1) is 0 Å². The molecule has 0 spiro atoms. The van der Waals surface area contributed by atoms with Crippen LogP contribution in [0.1, 0.15) is 11.3 Å². The number of hydrogen-bond acceptors (Lipinski definition) is 2. The van der Waals surface area contributed by atoms with Gasteiger partial charge in [-0.2, -0.15) is 0 Å². The number of imidazole rings is 1. The van der Waals surface area contributed by atoms with Gasteiger partial charge in [-0.25, -0.2) is 9.37 Å². The summed E-state index contributed by atoms with van der Waals surface area (Å²) in [5.41, 5.74) is 8.06. The van der Waals surface area contributed by atoms with Crippen molar-refractivity contribution in [2.75, 3.05) is 5.73 Å². The summed E-state index contributed by atoms with van der Waals surface area (Å²) in [6.07, 6.45) is 2.31. The minimum Gasteiger partial charge on any atom is -0.385 e. The zero-order valence-electron chi connectivity index (χ0n) is 9.68. The molecule has 2 aromatic heterocycles. The Bertz CT molecular complexity index is 703. The molecule has 0 atom stereocenters. The second-order valence-electron chi connectivity index (χ2n) is 4.18. The maximum Gasteiger partial charge on any atom is 0.138 e. The molecule has 0 bridgehead atoms. The molecule has 0 unspecified atom stereocenters. The fraction of sp³-hybridized carbons (Fsp3) is 0.0714. The van der Waals surface area contributed by atoms with Gasteiger partial charge in [0.2, 0.25) is 0 Å². The van der Waals surface area contributed by atoms with Gasteiger partial charge in [0.05, 0.1) is 5.69 Å². The Morgan fingerprint density at radius 2 is 1.94 bits per heavy atom. The lowest BCUT2D eigenvalue weighted by molar-refractivity contribution is 0.613. The fourth-order valence-corrected chi connectivity index (χ4v) is 2.00. The Hall–Kier alpha value is -2.36. The number of fused-ring (bicyclic) bond motifs is 1. The second kappa shape index (κ2) is 4.14. The van der Waals surface area contributed by atoms with E-state index in [-0.39, 0.29) is 5.82 Å². The molecule has 2 N–H and O–H groups in total. The van der Waals surface area contributed by atoms with Gasteiger partial charge in [0, 0.05) is 12.6 Å². The highest BCUT2D eigenvalue weighted by Gasteiger charge is 2.07. The predicted octanol–water partition coefficient (Wildman–Crippen LogP) is 2.65. The van der Waals surface area contributed by atoms with Crippen molar-refractivity contribution in [3.05, 3.63) is 65.7 Å². The van der Waals surface area contributed by atoms with Crippen LogP contribution in [0.2, 0.25) is 0 Å². The highest BCUT2D eigenvalue weighted by atomic mass is 19.1. The lowest BCUT2D eigenvalue weighted by Gasteiger charge is -1.99. The van der Waals surface area contributed by atoms with Gasteiger partial charge in [-0.3, -0.25) is 4.40 Å². The van der Waals surface area contributed by atoms with E-state index in [0.717, 1.165) is 11.3 Å². The summed E-state index contributed by atoms with van der Waals surface area (Å²) >= 11 is 0. The molecule has 1 aromatic carbocycles. The molecule has 90 valence electrons. The molecule has 2 heterocycles. The molecule has 0 radical (unpaired) electrons. The first-order valence-electron chi connectivity index (χ1n) is 5.70. The van der Waals surface area contributed by atoms with Crippen molar-refractivity contribution in [2.45, 2.75) is 6.42 Å². The van der Waals surface area contributed by atoms with E-state index >= 15 is 0 Å². The number of rotatable bonds is 2. The summed E-state index contributed by atoms with van der Waals surface area (Å²) in [6, 6.07) is 12.3. The van der Waals surface area contributed by atoms with Crippen molar-refractivity contribution >= 4 is 11.5 Å². The van der Waals surface area contributed by atoms with Crippen LogP contribution in [0.5, 0.6) is 0 Å². The zero-order valence-corrected chi connectivity index (χ0v) is 9.68. The molecular weight excluding hydrogens is 229 g/mol. The standard InChI is InChI=1S/C14H12FN3/c15-12-5-2-1-4-10(12)8-11-9-18-13(16)6-3-7-14(18)17-11/h1-7,9H,8,16H2. The summed E-state index contributed by atoms with van der Waals surface area (Å²) in [6.45, 7) is 0. The van der Waals surface area contributed by atoms with E-state index in [0.29, 0.717) is 17.8 Å². The lowest BCUT2D eigenvalue weighted by Crippen LogP contribution is -1.94. The monoisotopic (exact) mass is 241 g/mol. The second-order valence-corrected chi connectivity index (χ2v) is 4.18. The van der Waals surface area contributed by atoms with Crippen molar-refractivity contribution in [1.82, 2.24) is 9.38 Å². The maximum atomic E-state index is 13.6. The van der Waals surface area contributed by atoms with Crippen LogP contribution >= 0.6 is 0 Å². The van der Waals surface area contributed by atoms with Crippen LogP contribution in [0.25, 0.3) is 5.65 Å². The van der Waals surface area contributed by atoms with Crippen molar-refractivity contribution in [2.24, 2.45) is 0 Å². The smallest absolute Gasteiger partial charge is 0.138 e. The topological polar surface area (TPSA) is 43.3 Å². The molecule has 0 aliphatic rings. The number of nitrogens with two attached hydrogens (primary N) is 1. The number of nitrogen functional groups attached to an aromatic ring is 1. The number of halogens is 1. The highest BCUT2D eigenvalue weighted by molar-refractivity contribution is 5.49. The quantitative estimate of drug-likeness (QED) is 0.749. The van der Waals surface area contributed by atoms with E-state index < -0.39 is 0 Å². The Morgan fingerprint density at radius 3 is 2.72 bits per heavy atom. The first kappa shape index (κ1) is 10.8. The minimum atomic E-state index is -0.206. The summed E-state index contributed by atoms with van der Waals surface area (Å²) in [5.74, 6) is 0.419. The van der Waals surface area contributed by atoms with Crippen molar-refractivity contribution in [3.63, 3.8) is 0 Å². The normalized spacial score (nSPS) is 10.9. The largest absolute Gasteiger partial charge is 0.385 e. The van der Waals surface area contributed by atoms with Gasteiger partial charge in [-0.05, 0) is 23.8 Å². The molecular formula is C14H12FN3. The molecule has 0 saturated heterocycles. The van der Waals surface area contributed by atoms with E-state index in [4.69, 9.17) is 5.73 Å². The number of nitrogens with zero attached hydrogens (tertiary/aromatic N) is 2. The van der Waals surface area contributed by atoms with Gasteiger partial charge < -0.3 is 5.73 Å². The third kappa shape index (κ3) is 1.82. The molecule has 3 nitrogen and oxygen atoms in total. The number of pyridine rings is 1. The van der Waals surface area contributed by atoms with E-state index in [1.807, 2.05) is 30.5 Å². The van der Waals surface area contributed by atoms with E-state index in [1.54, 1.807) is 16.5 Å². The summed E-state index contributed by atoms with van der Waals surface area (Å²) < 4.78 is 15.4. The molecule has 0 amide bonds. The van der Waals surface area contributed by atoms with E-state index in [2.05, 4.69) is 4.98 Å². The number of aromatic nitrogens is 2. The average molecular weight is 241 g/mol. The fourth-order valence-electron chi connectivity index (χ4n) is 2.00. The third-order valence-electron chi connectivity index (χ3n) is 2.90. The predicted molar refractivity (Wildman–Crippen MR) is 68.8 cm³/mol. The van der Waals surface area contributed by atoms with Crippen LogP contribution in [-0.2, 0) is 6.42 Å². The molecule has 0 aliphatic heterocycles. The van der Waals surface area contributed by atoms with Crippen molar-refractivity contribution < 1.29 is 4.39 Å². The van der Waals surface area contributed by atoms with Crippen molar-refractivity contribution in [3.8, 4) is 0 Å². The van der Waals surface area contributed by atoms with Gasteiger partial charge in [0.1, 0.15) is 17.3 Å². The van der Waals surface area contributed by atoms with Gasteiger partial charge in [0.15, 0.2) is 0 Å². The van der Waals surface area contributed by atoms with Crippen molar-refractivity contribution in [1.29, 1.82) is 0 Å². The Balaban J connectivity index is 2.01. The number of hydrogen-bond donors (Lipinski definition) is 1. The average Bonchev–Trinajstić information content (AvgIpc) is 2.76. The number of benzene rings is 1. The molecule has 4 heteroatoms. The maximum absolute atomic E-state index is 13.6. The molecule has 18 heavy (non-hydrogen) atoms. The van der Waals surface area contributed by atoms with Gasteiger partial charge in [-0.1, -0.05) is 24.3 Å². The SMILES string of the molecule is Nc1cccc2nc(Cc3ccccc3F)cn12. The van der Waals surface area contributed by atoms with Gasteiger partial charge >= 0.3 is 0 Å². The van der Waals surface area contributed by atoms with Crippen LogP contribution < -0.4 is 5.73 Å². The first-order valence-corrected chi connectivity index (χ1v) is 5.70. The highest BCUT2D eigenvalue weighted by Crippen LogP contribution is 2.15. The van der Waals surface area contributed by atoms with Crippen LogP contribution in [0.4, 0.5) is 10.2 Å². The molecule has 3 aromatic rings. The number of anilines is 1. The van der Waals surface area contributed by atoms with Crippen LogP contribution in [-0.4, -0.2) is 9.38 Å². The van der Waals surface area contributed by atoms with E-state index in [9.17, 15) is 4.39 Å².